The number of esters is 1. The number of methoxy groups -OCH3 is 2. The van der Waals surface area contributed by atoms with Crippen LogP contribution in [0, 0.1) is 0 Å². The van der Waals surface area contributed by atoms with Crippen molar-refractivity contribution in [2.24, 2.45) is 4.99 Å². The van der Waals surface area contributed by atoms with Gasteiger partial charge in [0, 0.05) is 10.6 Å². The highest BCUT2D eigenvalue weighted by Gasteiger charge is 2.34. The van der Waals surface area contributed by atoms with Crippen molar-refractivity contribution in [2.45, 2.75) is 33.4 Å². The summed E-state index contributed by atoms with van der Waals surface area (Å²) in [5, 5.41) is 0.621. The third-order valence-corrected chi connectivity index (χ3v) is 8.50. The molecule has 0 fully saturated rings. The summed E-state index contributed by atoms with van der Waals surface area (Å²) in [6.45, 7) is 6.25. The van der Waals surface area contributed by atoms with Gasteiger partial charge in [0.05, 0.1) is 49.3 Å². The molecule has 9 nitrogen and oxygen atoms in total. The van der Waals surface area contributed by atoms with Gasteiger partial charge in [-0.25, -0.2) is 9.79 Å². The maximum Gasteiger partial charge on any atom is 0.338 e. The Bertz CT molecular complexity index is 1950. The highest BCUT2D eigenvalue weighted by Crippen LogP contribution is 2.36. The van der Waals surface area contributed by atoms with Crippen LogP contribution in [0.3, 0.4) is 0 Å². The minimum absolute atomic E-state index is 0.180. The van der Waals surface area contributed by atoms with Gasteiger partial charge in [0.15, 0.2) is 27.8 Å². The fourth-order valence-electron chi connectivity index (χ4n) is 5.05. The molecular formula is C34H33ClN2O7S. The number of benzene rings is 3. The number of carbonyl (C=O) groups excluding carboxylic acids is 1. The van der Waals surface area contributed by atoms with Crippen LogP contribution in [0.1, 0.15) is 43.5 Å². The first kappa shape index (κ1) is 31.9. The Morgan fingerprint density at radius 1 is 0.956 bits per heavy atom. The molecule has 0 saturated heterocycles. The number of hydrogen-bond acceptors (Lipinski definition) is 9. The molecular weight excluding hydrogens is 616 g/mol. The van der Waals surface area contributed by atoms with E-state index in [1.807, 2.05) is 43.3 Å². The van der Waals surface area contributed by atoms with Crippen molar-refractivity contribution in [2.75, 3.05) is 27.4 Å². The molecule has 1 atom stereocenters. The number of allylic oxidation sites excluding steroid dienone is 1. The Morgan fingerprint density at radius 3 is 2.42 bits per heavy atom. The number of hydrogen-bond donors (Lipinski definition) is 0. The predicted molar refractivity (Wildman–Crippen MR) is 173 cm³/mol. The predicted octanol–water partition coefficient (Wildman–Crippen LogP) is 5.45. The molecule has 1 unspecified atom stereocenters. The number of fused-ring (bicyclic) bond motifs is 1. The molecule has 1 aliphatic rings. The molecule has 0 aliphatic carbocycles. The van der Waals surface area contributed by atoms with Gasteiger partial charge in [-0.05, 0) is 68.3 Å². The van der Waals surface area contributed by atoms with Gasteiger partial charge < -0.3 is 23.7 Å². The molecule has 1 aliphatic heterocycles. The molecule has 45 heavy (non-hydrogen) atoms. The SMILES string of the molecule is CCOC(=O)C1=C(C)N=c2sc(=Cc3ccc(OCc4ccccc4Cl)c(OCC)c3)c(=O)n2C1c1ccc(OC)c(OC)c1. The van der Waals surface area contributed by atoms with Gasteiger partial charge in [-0.3, -0.25) is 9.36 Å². The van der Waals surface area contributed by atoms with Crippen LogP contribution in [0.4, 0.5) is 0 Å². The van der Waals surface area contributed by atoms with Gasteiger partial charge in [-0.2, -0.15) is 0 Å². The van der Waals surface area contributed by atoms with Crippen LogP contribution in [-0.2, 0) is 16.1 Å². The normalized spacial score (nSPS) is 14.4. The Balaban J connectivity index is 1.58. The number of ether oxygens (including phenoxy) is 5. The lowest BCUT2D eigenvalue weighted by molar-refractivity contribution is -0.139. The Kier molecular flexibility index (Phi) is 9.95. The summed E-state index contributed by atoms with van der Waals surface area (Å²) >= 11 is 7.53. The second-order valence-electron chi connectivity index (χ2n) is 9.94. The van der Waals surface area contributed by atoms with Crippen LogP contribution >= 0.6 is 22.9 Å². The van der Waals surface area contributed by atoms with E-state index in [0.29, 0.717) is 55.2 Å². The molecule has 0 spiro atoms. The van der Waals surface area contributed by atoms with Crippen molar-refractivity contribution in [3.63, 3.8) is 0 Å². The first-order chi connectivity index (χ1) is 21.8. The van der Waals surface area contributed by atoms with Crippen molar-refractivity contribution >= 4 is 35.0 Å². The van der Waals surface area contributed by atoms with Crippen molar-refractivity contribution in [1.82, 2.24) is 4.57 Å². The van der Waals surface area contributed by atoms with Crippen LogP contribution in [-0.4, -0.2) is 38.0 Å². The lowest BCUT2D eigenvalue weighted by Gasteiger charge is -2.25. The van der Waals surface area contributed by atoms with Gasteiger partial charge in [-0.15, -0.1) is 0 Å². The summed E-state index contributed by atoms with van der Waals surface area (Å²) in [4.78, 5) is 32.4. The number of rotatable bonds is 11. The van der Waals surface area contributed by atoms with Crippen LogP contribution < -0.4 is 33.8 Å². The van der Waals surface area contributed by atoms with E-state index >= 15 is 0 Å². The fraction of sp³-hybridized carbons (Fsp3) is 0.265. The van der Waals surface area contributed by atoms with E-state index < -0.39 is 12.0 Å². The summed E-state index contributed by atoms with van der Waals surface area (Å²) in [6.07, 6.45) is 1.78. The first-order valence-corrected chi connectivity index (χ1v) is 15.5. The summed E-state index contributed by atoms with van der Waals surface area (Å²) in [5.74, 6) is 1.54. The van der Waals surface area contributed by atoms with Crippen LogP contribution in [0.2, 0.25) is 5.02 Å². The Labute approximate surface area is 269 Å². The summed E-state index contributed by atoms with van der Waals surface area (Å²) < 4.78 is 30.2. The quantitative estimate of drug-likeness (QED) is 0.200. The standard InChI is InChI=1S/C34H33ClN2O7S/c1-6-42-28-16-21(12-14-26(28)44-19-23-10-8-9-11-24(23)35)17-29-32(38)37-31(22-13-15-25(40-4)27(18-22)41-5)30(33(39)43-7-2)20(3)36-34(37)45-29/h8-18,31H,6-7,19H2,1-5H3. The molecule has 3 aromatic carbocycles. The smallest absolute Gasteiger partial charge is 0.338 e. The van der Waals surface area contributed by atoms with Crippen molar-refractivity contribution in [1.29, 1.82) is 0 Å². The number of halogens is 1. The van der Waals surface area contributed by atoms with Gasteiger partial charge in [0.25, 0.3) is 5.56 Å². The minimum Gasteiger partial charge on any atom is -0.493 e. The Morgan fingerprint density at radius 2 is 1.71 bits per heavy atom. The lowest BCUT2D eigenvalue weighted by atomic mass is 9.95. The maximum absolute atomic E-state index is 14.1. The van der Waals surface area contributed by atoms with Gasteiger partial charge in [0.2, 0.25) is 0 Å². The van der Waals surface area contributed by atoms with Gasteiger partial charge in [0.1, 0.15) is 6.61 Å². The number of carbonyl (C=O) groups is 1. The number of thiazole rings is 1. The molecule has 2 heterocycles. The molecule has 0 amide bonds. The van der Waals surface area contributed by atoms with Crippen molar-refractivity contribution in [3.05, 3.63) is 113 Å². The topological polar surface area (TPSA) is 97.6 Å². The summed E-state index contributed by atoms with van der Waals surface area (Å²) in [6, 6.07) is 17.5. The van der Waals surface area contributed by atoms with Crippen molar-refractivity contribution in [3.8, 4) is 23.0 Å². The molecule has 0 radical (unpaired) electrons. The molecule has 1 aromatic heterocycles. The third kappa shape index (κ3) is 6.62. The zero-order valence-corrected chi connectivity index (χ0v) is 27.2. The molecule has 5 rings (SSSR count). The van der Waals surface area contributed by atoms with Gasteiger partial charge in [-0.1, -0.05) is 53.3 Å². The van der Waals surface area contributed by atoms with E-state index in [0.717, 1.165) is 11.1 Å². The van der Waals surface area contributed by atoms with E-state index in [4.69, 9.17) is 35.3 Å². The largest absolute Gasteiger partial charge is 0.493 e. The van der Waals surface area contributed by atoms with Crippen LogP contribution in [0.25, 0.3) is 6.08 Å². The zero-order valence-electron chi connectivity index (χ0n) is 25.6. The maximum atomic E-state index is 14.1. The average molecular weight is 649 g/mol. The lowest BCUT2D eigenvalue weighted by Crippen LogP contribution is -2.39. The van der Waals surface area contributed by atoms with E-state index in [2.05, 4.69) is 4.99 Å². The highest BCUT2D eigenvalue weighted by molar-refractivity contribution is 7.07. The van der Waals surface area contributed by atoms with Crippen molar-refractivity contribution < 1.29 is 28.5 Å². The van der Waals surface area contributed by atoms with E-state index in [-0.39, 0.29) is 24.3 Å². The molecule has 0 bridgehead atoms. The summed E-state index contributed by atoms with van der Waals surface area (Å²) in [5.41, 5.74) is 2.69. The number of nitrogens with zero attached hydrogens (tertiary/aromatic N) is 2. The minimum atomic E-state index is -0.790. The molecule has 234 valence electrons. The summed E-state index contributed by atoms with van der Waals surface area (Å²) in [7, 11) is 3.08. The third-order valence-electron chi connectivity index (χ3n) is 7.15. The molecule has 0 N–H and O–H groups in total. The van der Waals surface area contributed by atoms with E-state index in [9.17, 15) is 9.59 Å². The van der Waals surface area contributed by atoms with Crippen LogP contribution in [0.15, 0.2) is 81.7 Å². The Hall–Kier alpha value is -4.54. The molecule has 0 saturated carbocycles. The average Bonchev–Trinajstić information content (AvgIpc) is 3.34. The molecule has 11 heteroatoms. The van der Waals surface area contributed by atoms with E-state index in [1.165, 1.54) is 23.0 Å². The zero-order chi connectivity index (χ0) is 32.1. The number of aromatic nitrogens is 1. The van der Waals surface area contributed by atoms with E-state index in [1.54, 1.807) is 51.3 Å². The monoisotopic (exact) mass is 648 g/mol. The second kappa shape index (κ2) is 14.0. The highest BCUT2D eigenvalue weighted by atomic mass is 35.5. The first-order valence-electron chi connectivity index (χ1n) is 14.3. The van der Waals surface area contributed by atoms with Gasteiger partial charge >= 0.3 is 5.97 Å². The molecule has 4 aromatic rings. The fourth-order valence-corrected chi connectivity index (χ4v) is 6.29. The second-order valence-corrected chi connectivity index (χ2v) is 11.4. The van der Waals surface area contributed by atoms with Crippen LogP contribution in [0.5, 0.6) is 23.0 Å².